The summed E-state index contributed by atoms with van der Waals surface area (Å²) in [6.07, 6.45) is -8.95. The van der Waals surface area contributed by atoms with Crippen LogP contribution in [0.5, 0.6) is 5.75 Å². The van der Waals surface area contributed by atoms with E-state index in [1.807, 2.05) is 0 Å². The second-order valence-electron chi connectivity index (χ2n) is 4.17. The minimum Gasteiger partial charge on any atom is -0.406 e. The van der Waals surface area contributed by atoms with Crippen LogP contribution in [0.1, 0.15) is 5.56 Å². The maximum absolute atomic E-state index is 12.6. The number of ether oxygens (including phenoxy) is 1. The molecule has 0 aliphatic heterocycles. The minimum atomic E-state index is -4.88. The van der Waals surface area contributed by atoms with Gasteiger partial charge in [-0.25, -0.2) is 0 Å². The maximum Gasteiger partial charge on any atom is 0.573 e. The Morgan fingerprint density at radius 1 is 0.864 bits per heavy atom. The molecule has 0 aliphatic carbocycles. The van der Waals surface area contributed by atoms with Crippen LogP contribution >= 0.6 is 0 Å². The highest BCUT2D eigenvalue weighted by molar-refractivity contribution is 5.38. The van der Waals surface area contributed by atoms with Gasteiger partial charge in [0, 0.05) is 18.0 Å². The molecule has 0 unspecified atom stereocenters. The molecule has 1 heterocycles. The summed E-state index contributed by atoms with van der Waals surface area (Å²) in [5.41, 5.74) is -1.83. The first-order valence-corrected chi connectivity index (χ1v) is 5.72. The van der Waals surface area contributed by atoms with Crippen molar-refractivity contribution >= 4 is 0 Å². The molecule has 9 heteroatoms. The van der Waals surface area contributed by atoms with Gasteiger partial charge in [0.2, 0.25) is 0 Å². The molecule has 22 heavy (non-hydrogen) atoms. The van der Waals surface area contributed by atoms with Crippen LogP contribution in [0.2, 0.25) is 0 Å². The lowest BCUT2D eigenvalue weighted by atomic mass is 10.2. The average molecular weight is 323 g/mol. The molecule has 3 nitrogen and oxygen atoms in total. The van der Waals surface area contributed by atoms with Crippen molar-refractivity contribution in [2.75, 3.05) is 0 Å². The Bertz CT molecular complexity index is 715. The first kappa shape index (κ1) is 15.9. The third-order valence-electron chi connectivity index (χ3n) is 2.59. The molecule has 1 aromatic carbocycles. The number of nitrogens with zero attached hydrogens (tertiary/aromatic N) is 1. The van der Waals surface area contributed by atoms with E-state index in [-0.39, 0.29) is 5.69 Å². The zero-order valence-electron chi connectivity index (χ0n) is 10.6. The van der Waals surface area contributed by atoms with Gasteiger partial charge < -0.3 is 4.74 Å². The van der Waals surface area contributed by atoms with Crippen LogP contribution in [-0.2, 0) is 6.18 Å². The highest BCUT2D eigenvalue weighted by Crippen LogP contribution is 2.29. The Balaban J connectivity index is 2.38. The number of hydrogen-bond donors (Lipinski definition) is 0. The Morgan fingerprint density at radius 2 is 1.45 bits per heavy atom. The molecule has 0 radical (unpaired) electrons. The summed E-state index contributed by atoms with van der Waals surface area (Å²) in [5.74, 6) is -0.545. The van der Waals surface area contributed by atoms with Crippen LogP contribution in [-0.4, -0.2) is 10.9 Å². The molecular formula is C13H7F6NO2. The smallest absolute Gasteiger partial charge is 0.406 e. The Kier molecular flexibility index (Phi) is 3.90. The molecule has 0 aliphatic rings. The molecule has 0 atom stereocenters. The van der Waals surface area contributed by atoms with E-state index in [2.05, 4.69) is 4.74 Å². The van der Waals surface area contributed by atoms with Crippen molar-refractivity contribution in [1.82, 2.24) is 4.57 Å². The fourth-order valence-corrected chi connectivity index (χ4v) is 1.66. The van der Waals surface area contributed by atoms with Gasteiger partial charge >= 0.3 is 12.5 Å². The third-order valence-corrected chi connectivity index (χ3v) is 2.59. The topological polar surface area (TPSA) is 31.2 Å². The monoisotopic (exact) mass is 323 g/mol. The van der Waals surface area contributed by atoms with E-state index in [1.54, 1.807) is 0 Å². The normalized spacial score (nSPS) is 12.3. The lowest BCUT2D eigenvalue weighted by molar-refractivity contribution is -0.274. The van der Waals surface area contributed by atoms with E-state index in [4.69, 9.17) is 0 Å². The molecule has 0 fully saturated rings. The number of alkyl halides is 6. The predicted molar refractivity (Wildman–Crippen MR) is 63.7 cm³/mol. The van der Waals surface area contributed by atoms with Gasteiger partial charge in [0.15, 0.2) is 0 Å². The van der Waals surface area contributed by atoms with Crippen molar-refractivity contribution < 1.29 is 31.1 Å². The molecule has 118 valence electrons. The zero-order valence-corrected chi connectivity index (χ0v) is 10.6. The van der Waals surface area contributed by atoms with Gasteiger partial charge in [-0.05, 0) is 30.3 Å². The predicted octanol–water partition coefficient (Wildman–Crippen LogP) is 3.75. The molecule has 0 N–H and O–H groups in total. The molecular weight excluding hydrogens is 316 g/mol. The zero-order chi connectivity index (χ0) is 16.5. The number of rotatable bonds is 2. The van der Waals surface area contributed by atoms with E-state index >= 15 is 0 Å². The van der Waals surface area contributed by atoms with Gasteiger partial charge in [0.25, 0.3) is 5.56 Å². The van der Waals surface area contributed by atoms with E-state index in [0.29, 0.717) is 16.8 Å². The SMILES string of the molecule is O=c1ccc(C(F)(F)F)cn1-c1ccc(OC(F)(F)F)cc1. The van der Waals surface area contributed by atoms with Crippen molar-refractivity contribution in [1.29, 1.82) is 0 Å². The second kappa shape index (κ2) is 5.39. The van der Waals surface area contributed by atoms with Crippen molar-refractivity contribution in [2.45, 2.75) is 12.5 Å². The standard InChI is InChI=1S/C13H7F6NO2/c14-12(15,16)8-1-6-11(21)20(7-8)9-2-4-10(5-3-9)22-13(17,18)19/h1-7H. The molecule has 1 aromatic heterocycles. The summed E-state index contributed by atoms with van der Waals surface area (Å²) < 4.78 is 78.2. The molecule has 0 saturated heterocycles. The summed E-state index contributed by atoms with van der Waals surface area (Å²) in [7, 11) is 0. The Morgan fingerprint density at radius 3 is 1.95 bits per heavy atom. The fourth-order valence-electron chi connectivity index (χ4n) is 1.66. The fraction of sp³-hybridized carbons (Fsp3) is 0.154. The molecule has 0 spiro atoms. The quantitative estimate of drug-likeness (QED) is 0.788. The highest BCUT2D eigenvalue weighted by atomic mass is 19.4. The highest BCUT2D eigenvalue weighted by Gasteiger charge is 2.32. The van der Waals surface area contributed by atoms with Gasteiger partial charge in [0.05, 0.1) is 5.56 Å². The lowest BCUT2D eigenvalue weighted by Gasteiger charge is -2.12. The van der Waals surface area contributed by atoms with Crippen LogP contribution in [0.15, 0.2) is 47.4 Å². The van der Waals surface area contributed by atoms with Gasteiger partial charge in [-0.1, -0.05) is 0 Å². The molecule has 0 amide bonds. The van der Waals surface area contributed by atoms with Crippen LogP contribution in [0.25, 0.3) is 5.69 Å². The van der Waals surface area contributed by atoms with Crippen LogP contribution in [0.3, 0.4) is 0 Å². The number of benzene rings is 1. The van der Waals surface area contributed by atoms with Gasteiger partial charge in [-0.15, -0.1) is 13.2 Å². The maximum atomic E-state index is 12.6. The van der Waals surface area contributed by atoms with Crippen molar-refractivity contribution in [3.05, 3.63) is 58.5 Å². The average Bonchev–Trinajstić information content (AvgIpc) is 2.37. The first-order valence-electron chi connectivity index (χ1n) is 5.72. The molecule has 0 saturated carbocycles. The van der Waals surface area contributed by atoms with Crippen LogP contribution < -0.4 is 10.3 Å². The minimum absolute atomic E-state index is 0.0226. The van der Waals surface area contributed by atoms with Gasteiger partial charge in [-0.2, -0.15) is 13.2 Å². The number of halogens is 6. The van der Waals surface area contributed by atoms with Gasteiger partial charge in [-0.3, -0.25) is 9.36 Å². The van der Waals surface area contributed by atoms with E-state index in [0.717, 1.165) is 30.3 Å². The molecule has 0 bridgehead atoms. The number of pyridine rings is 1. The summed E-state index contributed by atoms with van der Waals surface area (Å²) in [6.45, 7) is 0. The van der Waals surface area contributed by atoms with Crippen molar-refractivity contribution in [2.24, 2.45) is 0 Å². The third kappa shape index (κ3) is 3.80. The second-order valence-corrected chi connectivity index (χ2v) is 4.17. The number of hydrogen-bond acceptors (Lipinski definition) is 2. The van der Waals surface area contributed by atoms with Crippen molar-refractivity contribution in [3.8, 4) is 11.4 Å². The largest absolute Gasteiger partial charge is 0.573 e. The lowest BCUT2D eigenvalue weighted by Crippen LogP contribution is -2.20. The number of aromatic nitrogens is 1. The van der Waals surface area contributed by atoms with Crippen LogP contribution in [0.4, 0.5) is 26.3 Å². The van der Waals surface area contributed by atoms with Crippen LogP contribution in [0, 0.1) is 0 Å². The molecule has 2 rings (SSSR count). The Labute approximate surface area is 119 Å². The summed E-state index contributed by atoms with van der Waals surface area (Å²) >= 11 is 0. The summed E-state index contributed by atoms with van der Waals surface area (Å²) in [4.78, 5) is 11.6. The van der Waals surface area contributed by atoms with E-state index in [1.165, 1.54) is 0 Å². The Hall–Kier alpha value is -2.45. The first-order chi connectivity index (χ1) is 10.1. The summed E-state index contributed by atoms with van der Waals surface area (Å²) in [5, 5.41) is 0. The van der Waals surface area contributed by atoms with E-state index < -0.39 is 29.4 Å². The van der Waals surface area contributed by atoms with Crippen molar-refractivity contribution in [3.63, 3.8) is 0 Å². The van der Waals surface area contributed by atoms with E-state index in [9.17, 15) is 31.1 Å². The molecule has 2 aromatic rings. The summed E-state index contributed by atoms with van der Waals surface area (Å²) in [6, 6.07) is 5.24. The van der Waals surface area contributed by atoms with Gasteiger partial charge in [0.1, 0.15) is 5.75 Å².